The SMILES string of the molecule is CC[C@@H](C)Nc1cc(C)c(-c2sc(C(=O)N[C@H]3CC[C@@H]3O)nc2C(=O)N2CCC[C@@H]2C)cn1.CC[C@@H](C)Nc1cc(C)c(-c2sc(C(=O)N[C@H]3CC[C@H]3O)nc2C(=O)N2CCC[C@@H]2C)cn1.Cc1cc(NC(C)(C)C)ncc1-c1sc(C(=O)N[C@@H]2CC[C@H]2O)nc1C(=O)N1CCC[C@@H]1C.Cc1cc(NC(C)(C)C)ncc1-c1sc(C(=O)N[C@H]2CC[C@@H]2O)nc1C(=O)N1CCC[C@@H]1C. The number of aliphatic hydroxyl groups excluding tert-OH is 4. The molecule has 132 heavy (non-hydrogen) atoms. The number of hydrogen-bond acceptors (Lipinski definition) is 28. The van der Waals surface area contributed by atoms with E-state index < -0.39 is 24.4 Å². The molecule has 36 heteroatoms. The Morgan fingerprint density at radius 1 is 0.364 bits per heavy atom. The molecule has 4 saturated heterocycles. The number of anilines is 4. The third kappa shape index (κ3) is 23.6. The third-order valence-electron chi connectivity index (χ3n) is 26.0. The Morgan fingerprint density at radius 2 is 0.583 bits per heavy atom. The van der Waals surface area contributed by atoms with Gasteiger partial charge in [-0.15, -0.1) is 45.3 Å². The molecule has 32 nitrogen and oxygen atoms in total. The van der Waals surface area contributed by atoms with Crippen LogP contribution in [0.5, 0.6) is 0 Å². The lowest BCUT2D eigenvalue weighted by molar-refractivity contribution is 0.0447. The van der Waals surface area contributed by atoms with Gasteiger partial charge in [-0.25, -0.2) is 39.9 Å². The molecule has 8 aliphatic rings. The van der Waals surface area contributed by atoms with Crippen molar-refractivity contribution in [1.29, 1.82) is 0 Å². The van der Waals surface area contributed by atoms with Gasteiger partial charge in [-0.2, -0.15) is 0 Å². The van der Waals surface area contributed by atoms with E-state index in [2.05, 4.69) is 152 Å². The van der Waals surface area contributed by atoms with Crippen LogP contribution in [0, 0.1) is 27.7 Å². The summed E-state index contributed by atoms with van der Waals surface area (Å²) >= 11 is 4.84. The van der Waals surface area contributed by atoms with Crippen LogP contribution in [0.4, 0.5) is 23.3 Å². The minimum absolute atomic E-state index is 0.129. The predicted molar refractivity (Wildman–Crippen MR) is 519 cm³/mol. The average Bonchev–Trinajstić information content (AvgIpc) is 1.64. The molecule has 0 bridgehead atoms. The monoisotopic (exact) mass is 1880 g/mol. The number of carbonyl (C=O) groups is 8. The number of nitrogens with zero attached hydrogens (tertiary/aromatic N) is 12. The number of rotatable bonds is 24. The maximum atomic E-state index is 13.5. The highest BCUT2D eigenvalue weighted by molar-refractivity contribution is 7.18. The molecule has 8 aromatic heterocycles. The summed E-state index contributed by atoms with van der Waals surface area (Å²) in [5.74, 6) is 1.10. The van der Waals surface area contributed by atoms with Gasteiger partial charge in [0, 0.05) is 121 Å². The van der Waals surface area contributed by atoms with Crippen molar-refractivity contribution in [3.63, 3.8) is 0 Å². The summed E-state index contributed by atoms with van der Waals surface area (Å²) in [6.45, 7) is 39.7. The summed E-state index contributed by atoms with van der Waals surface area (Å²) in [6, 6.07) is 8.03. The number of hydrogen-bond donors (Lipinski definition) is 12. The van der Waals surface area contributed by atoms with Gasteiger partial charge in [0.25, 0.3) is 47.3 Å². The molecule has 4 saturated carbocycles. The predicted octanol–water partition coefficient (Wildman–Crippen LogP) is 14.4. The molecule has 14 atom stereocenters. The fraction of sp³-hybridized carbons (Fsp3) is 0.583. The second kappa shape index (κ2) is 42.7. The molecule has 8 aromatic rings. The Kier molecular flexibility index (Phi) is 32.1. The summed E-state index contributed by atoms with van der Waals surface area (Å²) in [7, 11) is 0. The second-order valence-electron chi connectivity index (χ2n) is 38.8. The van der Waals surface area contributed by atoms with Crippen LogP contribution >= 0.6 is 45.3 Å². The molecule has 16 rings (SSSR count). The zero-order chi connectivity index (χ0) is 95.2. The van der Waals surface area contributed by atoms with Gasteiger partial charge >= 0.3 is 0 Å². The van der Waals surface area contributed by atoms with E-state index in [9.17, 15) is 58.8 Å². The molecule has 12 N–H and O–H groups in total. The number of aliphatic hydroxyl groups is 4. The lowest BCUT2D eigenvalue weighted by Gasteiger charge is -2.32. The molecule has 4 aliphatic heterocycles. The molecule has 8 fully saturated rings. The van der Waals surface area contributed by atoms with Crippen LogP contribution in [-0.2, 0) is 0 Å². The van der Waals surface area contributed by atoms with Crippen molar-refractivity contribution in [1.82, 2.24) is 80.7 Å². The van der Waals surface area contributed by atoms with Gasteiger partial charge in [-0.05, 0) is 273 Å². The lowest BCUT2D eigenvalue weighted by Crippen LogP contribution is -2.50. The van der Waals surface area contributed by atoms with Crippen molar-refractivity contribution in [3.8, 4) is 41.8 Å². The van der Waals surface area contributed by atoms with Crippen molar-refractivity contribution in [2.75, 3.05) is 47.4 Å². The van der Waals surface area contributed by atoms with Crippen LogP contribution in [0.2, 0.25) is 0 Å². The zero-order valence-corrected chi connectivity index (χ0v) is 82.6. The van der Waals surface area contributed by atoms with Crippen molar-refractivity contribution < 1.29 is 58.8 Å². The van der Waals surface area contributed by atoms with E-state index in [1.54, 1.807) is 24.8 Å². The first-order chi connectivity index (χ1) is 62.6. The van der Waals surface area contributed by atoms with Gasteiger partial charge in [0.2, 0.25) is 0 Å². The molecule has 4 aliphatic carbocycles. The maximum Gasteiger partial charge on any atom is 0.280 e. The topological polar surface area (TPSA) is 430 Å². The van der Waals surface area contributed by atoms with E-state index in [0.717, 1.165) is 158 Å². The van der Waals surface area contributed by atoms with Crippen molar-refractivity contribution in [3.05, 3.63) is 114 Å². The van der Waals surface area contributed by atoms with Crippen LogP contribution < -0.4 is 42.5 Å². The molecule has 12 heterocycles. The zero-order valence-electron chi connectivity index (χ0n) is 79.3. The summed E-state index contributed by atoms with van der Waals surface area (Å²) < 4.78 is 0. The first-order valence-electron chi connectivity index (χ1n) is 46.8. The molecule has 8 amide bonds. The summed E-state index contributed by atoms with van der Waals surface area (Å²) in [5.41, 5.74) is 7.98. The van der Waals surface area contributed by atoms with Crippen molar-refractivity contribution >= 4 is 116 Å². The first kappa shape index (κ1) is 99.4. The smallest absolute Gasteiger partial charge is 0.280 e. The molecular formula is C96H132N20O12S4. The number of nitrogens with one attached hydrogen (secondary N) is 8. The molecule has 0 radical (unpaired) electrons. The van der Waals surface area contributed by atoms with Crippen LogP contribution in [0.15, 0.2) is 49.1 Å². The highest BCUT2D eigenvalue weighted by Crippen LogP contribution is 2.42. The minimum atomic E-state index is -0.519. The number of aromatic nitrogens is 8. The Bertz CT molecular complexity index is 5190. The molecule has 712 valence electrons. The molecular weight excluding hydrogens is 1750 g/mol. The highest BCUT2D eigenvalue weighted by atomic mass is 32.1. The van der Waals surface area contributed by atoms with E-state index in [0.29, 0.717) is 106 Å². The number of likely N-dealkylation sites (tertiary alicyclic amines) is 4. The Balaban J connectivity index is 0.000000150. The fourth-order valence-electron chi connectivity index (χ4n) is 16.9. The van der Waals surface area contributed by atoms with Gasteiger partial charge in [0.05, 0.1) is 68.1 Å². The Labute approximate surface area is 789 Å². The van der Waals surface area contributed by atoms with Crippen LogP contribution in [0.25, 0.3) is 41.8 Å². The number of aryl methyl sites for hydroxylation is 4. The van der Waals surface area contributed by atoms with Gasteiger partial charge < -0.3 is 82.6 Å². The van der Waals surface area contributed by atoms with Gasteiger partial charge in [0.1, 0.15) is 46.0 Å². The van der Waals surface area contributed by atoms with Gasteiger partial charge in [-0.3, -0.25) is 38.4 Å². The van der Waals surface area contributed by atoms with E-state index in [-0.39, 0.29) is 127 Å². The fourth-order valence-corrected chi connectivity index (χ4v) is 21.1. The average molecular weight is 1890 g/mol. The largest absolute Gasteiger partial charge is 0.391 e. The van der Waals surface area contributed by atoms with Gasteiger partial charge in [-0.1, -0.05) is 13.8 Å². The highest BCUT2D eigenvalue weighted by Gasteiger charge is 2.41. The molecule has 0 spiro atoms. The van der Waals surface area contributed by atoms with Crippen molar-refractivity contribution in [2.24, 2.45) is 0 Å². The quantitative estimate of drug-likeness (QED) is 0.0267. The minimum Gasteiger partial charge on any atom is -0.391 e. The van der Waals surface area contributed by atoms with Crippen LogP contribution in [0.3, 0.4) is 0 Å². The second-order valence-corrected chi connectivity index (χ2v) is 42.8. The Morgan fingerprint density at radius 3 is 0.758 bits per heavy atom. The Hall–Kier alpha value is -10.1. The summed E-state index contributed by atoms with van der Waals surface area (Å²) in [5, 5.41) is 65.2. The molecule has 0 aromatic carbocycles. The number of amides is 8. The van der Waals surface area contributed by atoms with E-state index >= 15 is 0 Å². The molecule has 0 unspecified atom stereocenters. The van der Waals surface area contributed by atoms with Gasteiger partial charge in [0.15, 0.2) is 20.0 Å². The number of carbonyl (C=O) groups excluding carboxylic acids is 8. The van der Waals surface area contributed by atoms with E-state index in [4.69, 9.17) is 0 Å². The van der Waals surface area contributed by atoms with Crippen molar-refractivity contribution in [2.45, 2.75) is 336 Å². The normalized spacial score (nSPS) is 23.0. The third-order valence-corrected chi connectivity index (χ3v) is 30.4. The standard InChI is InChI=1S/4C24H33N5O3S/c2*1-13-11-18(28-24(3,4)5)25-12-15(13)20-19(23(32)29-10-6-7-14(29)2)27-22(33-20)21(31)26-16-8-9-17(16)30;2*1-5-14(3)26-19-11-13(2)16(12-25-19)21-20(24(32)29-10-6-7-15(29)4)28-23(33-21)22(31)27-17-8-9-18(17)30/h2*11-12,14,16-17,30H,6-10H2,1-5H3,(H,25,28)(H,26,31);2*11-12,14-15,17-18,30H,5-10H2,1-4H3,(H,25,26)(H,27,31)/t14-,16+,17+;14-,16-,17-;14-,15+,17+,18+;14-,15+,17+,18-/m0011/s1. The number of thiazole rings is 4. The first-order valence-corrected chi connectivity index (χ1v) is 50.1. The van der Waals surface area contributed by atoms with E-state index in [1.807, 2.05) is 99.3 Å². The summed E-state index contributed by atoms with van der Waals surface area (Å²) in [4.78, 5) is 152. The number of pyridine rings is 4. The van der Waals surface area contributed by atoms with Crippen LogP contribution in [0.1, 0.15) is 316 Å². The van der Waals surface area contributed by atoms with Crippen LogP contribution in [-0.4, -0.2) is 249 Å². The summed E-state index contributed by atoms with van der Waals surface area (Å²) in [6.07, 6.45) is 20.4. The maximum absolute atomic E-state index is 13.5. The lowest BCUT2D eigenvalue weighted by atomic mass is 9.89. The van der Waals surface area contributed by atoms with E-state index in [1.165, 1.54) is 45.3 Å².